The summed E-state index contributed by atoms with van der Waals surface area (Å²) in [5.41, 5.74) is 0.680. The van der Waals surface area contributed by atoms with Gasteiger partial charge in [-0.2, -0.15) is 0 Å². The van der Waals surface area contributed by atoms with E-state index in [0.717, 1.165) is 4.90 Å². The second-order valence-corrected chi connectivity index (χ2v) is 7.56. The van der Waals surface area contributed by atoms with Crippen LogP contribution in [0.5, 0.6) is 0 Å². The molecule has 1 aromatic rings. The van der Waals surface area contributed by atoms with Crippen LogP contribution in [0, 0.1) is 5.92 Å². The number of hydrogen-bond acceptors (Lipinski definition) is 4. The number of piperidine rings is 1. The lowest BCUT2D eigenvalue weighted by Gasteiger charge is -2.33. The Kier molecular flexibility index (Phi) is 5.58. The number of benzene rings is 1. The molecule has 27 heavy (non-hydrogen) atoms. The van der Waals surface area contributed by atoms with Crippen molar-refractivity contribution in [2.24, 2.45) is 5.92 Å². The molecule has 0 spiro atoms. The first kappa shape index (κ1) is 19.1. The van der Waals surface area contributed by atoms with Gasteiger partial charge in [0.25, 0.3) is 11.8 Å². The predicted octanol–water partition coefficient (Wildman–Crippen LogP) is 1.44. The fraction of sp³-hybridized carbons (Fsp3) is 0.500. The molecule has 2 aliphatic rings. The molecule has 0 radical (unpaired) electrons. The van der Waals surface area contributed by atoms with Crippen LogP contribution in [0.1, 0.15) is 53.8 Å². The molecule has 0 bridgehead atoms. The van der Waals surface area contributed by atoms with E-state index in [4.69, 9.17) is 0 Å². The number of carbonyl (C=O) groups is 4. The van der Waals surface area contributed by atoms with Crippen LogP contribution >= 0.6 is 0 Å². The molecule has 3 rings (SSSR count). The number of imide groups is 1. The van der Waals surface area contributed by atoms with Gasteiger partial charge in [0.2, 0.25) is 11.8 Å². The lowest BCUT2D eigenvalue weighted by molar-refractivity contribution is -0.133. The zero-order valence-electron chi connectivity index (χ0n) is 15.7. The van der Waals surface area contributed by atoms with Gasteiger partial charge in [0.1, 0.15) is 6.54 Å². The summed E-state index contributed by atoms with van der Waals surface area (Å²) in [5, 5.41) is 2.89. The second kappa shape index (κ2) is 7.90. The number of amides is 4. The van der Waals surface area contributed by atoms with Gasteiger partial charge in [-0.05, 0) is 30.9 Å². The Morgan fingerprint density at radius 3 is 2.15 bits per heavy atom. The number of likely N-dealkylation sites (tertiary alicyclic amines) is 1. The van der Waals surface area contributed by atoms with E-state index in [9.17, 15) is 19.2 Å². The quantitative estimate of drug-likeness (QED) is 0.794. The van der Waals surface area contributed by atoms with Gasteiger partial charge in [-0.3, -0.25) is 24.1 Å². The lowest BCUT2D eigenvalue weighted by Crippen LogP contribution is -2.49. The van der Waals surface area contributed by atoms with E-state index >= 15 is 0 Å². The van der Waals surface area contributed by atoms with E-state index < -0.39 is 11.8 Å². The summed E-state index contributed by atoms with van der Waals surface area (Å²) >= 11 is 0. The Morgan fingerprint density at radius 2 is 1.63 bits per heavy atom. The van der Waals surface area contributed by atoms with E-state index in [0.29, 0.717) is 49.4 Å². The van der Waals surface area contributed by atoms with Crippen molar-refractivity contribution in [3.05, 3.63) is 35.4 Å². The molecule has 0 aromatic heterocycles. The minimum absolute atomic E-state index is 0.0456. The van der Waals surface area contributed by atoms with Crippen molar-refractivity contribution in [2.45, 2.75) is 39.2 Å². The summed E-state index contributed by atoms with van der Waals surface area (Å²) in [5.74, 6) is -0.730. The van der Waals surface area contributed by atoms with Gasteiger partial charge in [-0.1, -0.05) is 26.0 Å². The van der Waals surface area contributed by atoms with E-state index in [1.165, 1.54) is 0 Å². The zero-order chi connectivity index (χ0) is 19.6. The van der Waals surface area contributed by atoms with Crippen molar-refractivity contribution in [1.29, 1.82) is 0 Å². The van der Waals surface area contributed by atoms with Crippen LogP contribution in [0.2, 0.25) is 0 Å². The van der Waals surface area contributed by atoms with Gasteiger partial charge < -0.3 is 10.2 Å². The van der Waals surface area contributed by atoms with E-state index in [1.54, 1.807) is 24.3 Å². The van der Waals surface area contributed by atoms with E-state index in [2.05, 4.69) is 5.32 Å². The Morgan fingerprint density at radius 1 is 1.07 bits per heavy atom. The molecule has 0 aliphatic carbocycles. The van der Waals surface area contributed by atoms with Gasteiger partial charge >= 0.3 is 0 Å². The number of nitrogens with zero attached hydrogens (tertiary/aromatic N) is 2. The molecule has 0 atom stereocenters. The summed E-state index contributed by atoms with van der Waals surface area (Å²) < 4.78 is 0. The Bertz CT molecular complexity index is 731. The minimum Gasteiger partial charge on any atom is -0.352 e. The highest BCUT2D eigenvalue weighted by molar-refractivity contribution is 6.22. The van der Waals surface area contributed by atoms with Gasteiger partial charge in [0, 0.05) is 25.6 Å². The summed E-state index contributed by atoms with van der Waals surface area (Å²) in [7, 11) is 0. The monoisotopic (exact) mass is 371 g/mol. The molecular formula is C20H25N3O4. The van der Waals surface area contributed by atoms with Crippen LogP contribution in [-0.2, 0) is 9.59 Å². The zero-order valence-corrected chi connectivity index (χ0v) is 15.7. The molecule has 1 aromatic carbocycles. The van der Waals surface area contributed by atoms with E-state index in [1.807, 2.05) is 18.7 Å². The maximum atomic E-state index is 12.3. The summed E-state index contributed by atoms with van der Waals surface area (Å²) in [6, 6.07) is 6.54. The smallest absolute Gasteiger partial charge is 0.262 e. The molecule has 1 saturated heterocycles. The van der Waals surface area contributed by atoms with Gasteiger partial charge in [0.15, 0.2) is 0 Å². The summed E-state index contributed by atoms with van der Waals surface area (Å²) in [6.45, 7) is 4.99. The molecule has 1 fully saturated rings. The predicted molar refractivity (Wildman–Crippen MR) is 99.0 cm³/mol. The molecule has 0 unspecified atom stereocenters. The summed E-state index contributed by atoms with van der Waals surface area (Å²) in [6.07, 6.45) is 1.89. The molecule has 0 saturated carbocycles. The minimum atomic E-state index is -0.431. The molecule has 1 N–H and O–H groups in total. The van der Waals surface area contributed by atoms with Crippen LogP contribution in [0.4, 0.5) is 0 Å². The van der Waals surface area contributed by atoms with Crippen LogP contribution in [0.15, 0.2) is 24.3 Å². The number of rotatable bonds is 5. The molecule has 144 valence electrons. The van der Waals surface area contributed by atoms with Crippen molar-refractivity contribution in [3.63, 3.8) is 0 Å². The highest BCUT2D eigenvalue weighted by Gasteiger charge is 2.36. The average molecular weight is 371 g/mol. The van der Waals surface area contributed by atoms with Crippen molar-refractivity contribution >= 4 is 23.6 Å². The molecule has 2 aliphatic heterocycles. The van der Waals surface area contributed by atoms with Crippen LogP contribution in [-0.4, -0.2) is 59.1 Å². The maximum absolute atomic E-state index is 12.3. The first-order valence-corrected chi connectivity index (χ1v) is 9.39. The third-order valence-corrected chi connectivity index (χ3v) is 4.98. The molecule has 7 heteroatoms. The summed E-state index contributed by atoms with van der Waals surface area (Å²) in [4.78, 5) is 51.9. The highest BCUT2D eigenvalue weighted by atomic mass is 16.2. The Hall–Kier alpha value is -2.70. The SMILES string of the molecule is CC(C)CC(=O)N1CCC(NC(=O)CN2C(=O)c3ccccc3C2=O)CC1. The number of carbonyl (C=O) groups excluding carboxylic acids is 4. The normalized spacial score (nSPS) is 17.4. The Balaban J connectivity index is 1.49. The third kappa shape index (κ3) is 4.18. The van der Waals surface area contributed by atoms with Gasteiger partial charge in [0.05, 0.1) is 11.1 Å². The standard InChI is InChI=1S/C20H25N3O4/c1-13(2)11-18(25)22-9-7-14(8-10-22)21-17(24)12-23-19(26)15-5-3-4-6-16(15)20(23)27/h3-6,13-14H,7-12H2,1-2H3,(H,21,24). The fourth-order valence-electron chi connectivity index (χ4n) is 3.55. The van der Waals surface area contributed by atoms with Gasteiger partial charge in [-0.25, -0.2) is 0 Å². The Labute approximate surface area is 158 Å². The largest absolute Gasteiger partial charge is 0.352 e. The van der Waals surface area contributed by atoms with Crippen molar-refractivity contribution in [2.75, 3.05) is 19.6 Å². The second-order valence-electron chi connectivity index (χ2n) is 7.56. The molecular weight excluding hydrogens is 346 g/mol. The molecule has 4 amide bonds. The first-order valence-electron chi connectivity index (χ1n) is 9.39. The van der Waals surface area contributed by atoms with Crippen molar-refractivity contribution in [3.8, 4) is 0 Å². The number of nitrogens with one attached hydrogen (secondary N) is 1. The van der Waals surface area contributed by atoms with Crippen LogP contribution in [0.3, 0.4) is 0 Å². The maximum Gasteiger partial charge on any atom is 0.262 e. The molecule has 7 nitrogen and oxygen atoms in total. The first-order chi connectivity index (χ1) is 12.9. The number of hydrogen-bond donors (Lipinski definition) is 1. The molecule has 2 heterocycles. The topological polar surface area (TPSA) is 86.8 Å². The average Bonchev–Trinajstić information content (AvgIpc) is 2.87. The van der Waals surface area contributed by atoms with Crippen LogP contribution in [0.25, 0.3) is 0 Å². The number of fused-ring (bicyclic) bond motifs is 1. The highest BCUT2D eigenvalue weighted by Crippen LogP contribution is 2.22. The van der Waals surface area contributed by atoms with Crippen LogP contribution < -0.4 is 5.32 Å². The van der Waals surface area contributed by atoms with Gasteiger partial charge in [-0.15, -0.1) is 0 Å². The lowest BCUT2D eigenvalue weighted by atomic mass is 10.0. The van der Waals surface area contributed by atoms with Crippen molar-refractivity contribution < 1.29 is 19.2 Å². The third-order valence-electron chi connectivity index (χ3n) is 4.98. The van der Waals surface area contributed by atoms with Crippen molar-refractivity contribution in [1.82, 2.24) is 15.1 Å². The van der Waals surface area contributed by atoms with E-state index in [-0.39, 0.29) is 24.4 Å². The fourth-order valence-corrected chi connectivity index (χ4v) is 3.55.